The van der Waals surface area contributed by atoms with E-state index in [2.05, 4.69) is 22.4 Å². The number of oxime groups is 1. The summed E-state index contributed by atoms with van der Waals surface area (Å²) < 4.78 is 0. The van der Waals surface area contributed by atoms with Crippen LogP contribution in [0.2, 0.25) is 0 Å². The highest BCUT2D eigenvalue weighted by molar-refractivity contribution is 5.97. The fourth-order valence-corrected chi connectivity index (χ4v) is 2.11. The van der Waals surface area contributed by atoms with E-state index in [0.717, 1.165) is 23.4 Å². The largest absolute Gasteiger partial charge is 0.409 e. The molecule has 4 N–H and O–H groups in total. The molecule has 0 fully saturated rings. The summed E-state index contributed by atoms with van der Waals surface area (Å²) in [6, 6.07) is 11.8. The van der Waals surface area contributed by atoms with Gasteiger partial charge in [-0.1, -0.05) is 23.4 Å². The highest BCUT2D eigenvalue weighted by atomic mass is 16.4. The minimum Gasteiger partial charge on any atom is -0.409 e. The van der Waals surface area contributed by atoms with Gasteiger partial charge in [-0.3, -0.25) is 4.98 Å². The highest BCUT2D eigenvalue weighted by Crippen LogP contribution is 2.14. The molecule has 0 aliphatic heterocycles. The van der Waals surface area contributed by atoms with Crippen LogP contribution >= 0.6 is 0 Å². The summed E-state index contributed by atoms with van der Waals surface area (Å²) >= 11 is 0. The molecule has 0 bridgehead atoms. The van der Waals surface area contributed by atoms with Gasteiger partial charge >= 0.3 is 0 Å². The van der Waals surface area contributed by atoms with Gasteiger partial charge in [0.1, 0.15) is 0 Å². The van der Waals surface area contributed by atoms with Crippen molar-refractivity contribution in [1.29, 1.82) is 0 Å². The third-order valence-corrected chi connectivity index (χ3v) is 3.48. The molecule has 1 aromatic heterocycles. The lowest BCUT2D eigenvalue weighted by Crippen LogP contribution is -2.20. The van der Waals surface area contributed by atoms with Crippen molar-refractivity contribution in [3.8, 4) is 0 Å². The van der Waals surface area contributed by atoms with Crippen molar-refractivity contribution in [1.82, 2.24) is 10.3 Å². The average Bonchev–Trinajstić information content (AvgIpc) is 2.53. The van der Waals surface area contributed by atoms with Gasteiger partial charge in [-0.2, -0.15) is 0 Å². The lowest BCUT2D eigenvalue weighted by molar-refractivity contribution is 0.318. The number of aromatic nitrogens is 1. The molecule has 5 nitrogen and oxygen atoms in total. The number of rotatable bonds is 5. The third kappa shape index (κ3) is 3.79. The molecule has 1 aromatic carbocycles. The van der Waals surface area contributed by atoms with Gasteiger partial charge in [0.05, 0.1) is 5.69 Å². The van der Waals surface area contributed by atoms with E-state index in [1.54, 1.807) is 6.20 Å². The first-order valence-corrected chi connectivity index (χ1v) is 6.83. The fourth-order valence-electron chi connectivity index (χ4n) is 2.11. The van der Waals surface area contributed by atoms with Gasteiger partial charge in [0, 0.05) is 24.3 Å². The second kappa shape index (κ2) is 6.85. The molecule has 0 aliphatic rings. The zero-order valence-corrected chi connectivity index (χ0v) is 12.2. The van der Waals surface area contributed by atoms with Crippen molar-refractivity contribution in [3.63, 3.8) is 0 Å². The number of pyridine rings is 1. The first-order chi connectivity index (χ1) is 10.1. The number of nitrogens with two attached hydrogens (primary N) is 1. The van der Waals surface area contributed by atoms with E-state index in [9.17, 15) is 0 Å². The molecule has 0 unspecified atom stereocenters. The van der Waals surface area contributed by atoms with Crippen LogP contribution in [-0.2, 0) is 6.54 Å². The summed E-state index contributed by atoms with van der Waals surface area (Å²) in [5.41, 5.74) is 9.59. The molecule has 2 aromatic rings. The maximum Gasteiger partial charge on any atom is 0.170 e. The molecular formula is C16H20N4O. The van der Waals surface area contributed by atoms with E-state index in [-0.39, 0.29) is 11.9 Å². The molecule has 0 aliphatic carbocycles. The maximum absolute atomic E-state index is 8.69. The van der Waals surface area contributed by atoms with Crippen LogP contribution in [0.5, 0.6) is 0 Å². The summed E-state index contributed by atoms with van der Waals surface area (Å²) in [6.45, 7) is 4.83. The number of benzene rings is 1. The van der Waals surface area contributed by atoms with Gasteiger partial charge in [0.25, 0.3) is 0 Å². The van der Waals surface area contributed by atoms with Crippen LogP contribution in [0.1, 0.15) is 35.3 Å². The second-order valence-corrected chi connectivity index (χ2v) is 4.98. The fraction of sp³-hybridized carbons (Fsp3) is 0.250. The van der Waals surface area contributed by atoms with Crippen molar-refractivity contribution in [2.45, 2.75) is 26.4 Å². The van der Waals surface area contributed by atoms with Crippen molar-refractivity contribution in [2.75, 3.05) is 0 Å². The van der Waals surface area contributed by atoms with Crippen LogP contribution in [0.4, 0.5) is 0 Å². The lowest BCUT2D eigenvalue weighted by atomic mass is 10.0. The molecule has 5 heteroatoms. The number of aryl methyl sites for hydroxylation is 1. The first kappa shape index (κ1) is 15.0. The first-order valence-electron chi connectivity index (χ1n) is 6.83. The molecule has 21 heavy (non-hydrogen) atoms. The molecule has 1 heterocycles. The topological polar surface area (TPSA) is 83.5 Å². The molecule has 0 saturated heterocycles. The van der Waals surface area contributed by atoms with E-state index in [1.165, 1.54) is 5.56 Å². The van der Waals surface area contributed by atoms with E-state index >= 15 is 0 Å². The SMILES string of the molecule is Cc1cc(/C(N)=N/O)ccc1CN[C@H](C)c1ccccn1. The molecule has 0 saturated carbocycles. The summed E-state index contributed by atoms with van der Waals surface area (Å²) in [5.74, 6) is 0.125. The Bertz CT molecular complexity index is 625. The Hall–Kier alpha value is -2.40. The Balaban J connectivity index is 2.04. The summed E-state index contributed by atoms with van der Waals surface area (Å²) in [5, 5.41) is 15.2. The normalized spacial score (nSPS) is 13.1. The maximum atomic E-state index is 8.69. The number of hydrogen-bond donors (Lipinski definition) is 3. The van der Waals surface area contributed by atoms with Gasteiger partial charge in [-0.15, -0.1) is 0 Å². The summed E-state index contributed by atoms with van der Waals surface area (Å²) in [4.78, 5) is 4.34. The lowest BCUT2D eigenvalue weighted by Gasteiger charge is -2.15. The smallest absolute Gasteiger partial charge is 0.170 e. The van der Waals surface area contributed by atoms with Crippen LogP contribution in [0.3, 0.4) is 0 Å². The van der Waals surface area contributed by atoms with E-state index in [1.807, 2.05) is 43.3 Å². The predicted octanol–water partition coefficient (Wildman–Crippen LogP) is 2.34. The Kier molecular flexibility index (Phi) is 4.90. The predicted molar refractivity (Wildman–Crippen MR) is 83.2 cm³/mol. The Labute approximate surface area is 124 Å². The minimum atomic E-state index is 0.125. The average molecular weight is 284 g/mol. The van der Waals surface area contributed by atoms with Crippen LogP contribution in [0, 0.1) is 6.92 Å². The summed E-state index contributed by atoms with van der Waals surface area (Å²) in [6.07, 6.45) is 1.80. The second-order valence-electron chi connectivity index (χ2n) is 4.98. The molecule has 0 amide bonds. The quantitative estimate of drug-likeness (QED) is 0.340. The number of amidine groups is 1. The number of nitrogens with one attached hydrogen (secondary N) is 1. The Morgan fingerprint density at radius 1 is 1.38 bits per heavy atom. The van der Waals surface area contributed by atoms with Crippen LogP contribution in [0.25, 0.3) is 0 Å². The van der Waals surface area contributed by atoms with Crippen LogP contribution in [-0.4, -0.2) is 16.0 Å². The van der Waals surface area contributed by atoms with Gasteiger partial charge in [0.15, 0.2) is 5.84 Å². The molecule has 0 spiro atoms. The van der Waals surface area contributed by atoms with Crippen molar-refractivity contribution in [2.24, 2.45) is 10.9 Å². The Morgan fingerprint density at radius 3 is 2.81 bits per heavy atom. The van der Waals surface area contributed by atoms with Crippen LogP contribution < -0.4 is 11.1 Å². The summed E-state index contributed by atoms with van der Waals surface area (Å²) in [7, 11) is 0. The van der Waals surface area contributed by atoms with E-state index in [4.69, 9.17) is 10.9 Å². The molecule has 110 valence electrons. The van der Waals surface area contributed by atoms with Gasteiger partial charge in [-0.05, 0) is 43.2 Å². The highest BCUT2D eigenvalue weighted by Gasteiger charge is 2.08. The van der Waals surface area contributed by atoms with Gasteiger partial charge in [-0.25, -0.2) is 0 Å². The van der Waals surface area contributed by atoms with Crippen molar-refractivity contribution < 1.29 is 5.21 Å². The van der Waals surface area contributed by atoms with Crippen LogP contribution in [0.15, 0.2) is 47.8 Å². The third-order valence-electron chi connectivity index (χ3n) is 3.48. The van der Waals surface area contributed by atoms with E-state index in [0.29, 0.717) is 0 Å². The monoisotopic (exact) mass is 284 g/mol. The molecule has 0 radical (unpaired) electrons. The molecule has 1 atom stereocenters. The Morgan fingerprint density at radius 2 is 2.19 bits per heavy atom. The number of hydrogen-bond acceptors (Lipinski definition) is 4. The van der Waals surface area contributed by atoms with E-state index < -0.39 is 0 Å². The van der Waals surface area contributed by atoms with Gasteiger partial charge < -0.3 is 16.3 Å². The minimum absolute atomic E-state index is 0.125. The zero-order valence-electron chi connectivity index (χ0n) is 12.2. The van der Waals surface area contributed by atoms with Crippen molar-refractivity contribution >= 4 is 5.84 Å². The van der Waals surface area contributed by atoms with Gasteiger partial charge in [0.2, 0.25) is 0 Å². The number of nitrogens with zero attached hydrogens (tertiary/aromatic N) is 2. The zero-order chi connectivity index (χ0) is 15.2. The standard InChI is InChI=1S/C16H20N4O/c1-11-9-13(16(17)20-21)6-7-14(11)10-19-12(2)15-5-3-4-8-18-15/h3-9,12,19,21H,10H2,1-2H3,(H2,17,20)/t12-/m1/s1. The molecular weight excluding hydrogens is 264 g/mol. The van der Waals surface area contributed by atoms with Crippen molar-refractivity contribution in [3.05, 3.63) is 65.0 Å². The molecule has 2 rings (SSSR count).